The standard InChI is InChI=1S/C16H18N6O4/c1-20-10-21(5-6-26-2)16(25)12-7-13(23)11(9-22(12)20)15(24)19-14-8-17-3-4-18-14/h3-4,7-9H,5-6,10H2,1-2H3,(H,18,19,24). The molecule has 2 aromatic rings. The fourth-order valence-electron chi connectivity index (χ4n) is 2.60. The van der Waals surface area contributed by atoms with Gasteiger partial charge in [0.05, 0.1) is 12.8 Å². The largest absolute Gasteiger partial charge is 0.383 e. The predicted molar refractivity (Wildman–Crippen MR) is 92.6 cm³/mol. The number of amides is 2. The molecule has 0 fully saturated rings. The third kappa shape index (κ3) is 3.40. The summed E-state index contributed by atoms with van der Waals surface area (Å²) >= 11 is 0. The number of nitrogens with zero attached hydrogens (tertiary/aromatic N) is 5. The first kappa shape index (κ1) is 17.5. The molecule has 2 aromatic heterocycles. The number of nitrogens with one attached hydrogen (secondary N) is 1. The fourth-order valence-corrected chi connectivity index (χ4v) is 2.60. The van der Waals surface area contributed by atoms with Crippen LogP contribution in [0.3, 0.4) is 0 Å². The highest BCUT2D eigenvalue weighted by molar-refractivity contribution is 6.04. The highest BCUT2D eigenvalue weighted by Gasteiger charge is 2.28. The number of fused-ring (bicyclic) bond motifs is 1. The second-order valence-electron chi connectivity index (χ2n) is 5.69. The minimum atomic E-state index is -0.617. The Morgan fingerprint density at radius 3 is 2.85 bits per heavy atom. The molecular formula is C16H18N6O4. The highest BCUT2D eigenvalue weighted by Crippen LogP contribution is 2.12. The molecule has 10 heteroatoms. The van der Waals surface area contributed by atoms with Gasteiger partial charge in [0, 0.05) is 45.4 Å². The van der Waals surface area contributed by atoms with Crippen molar-refractivity contribution in [1.82, 2.24) is 19.5 Å². The summed E-state index contributed by atoms with van der Waals surface area (Å²) in [6, 6.07) is 1.17. The van der Waals surface area contributed by atoms with E-state index >= 15 is 0 Å². The van der Waals surface area contributed by atoms with Crippen molar-refractivity contribution >= 4 is 17.6 Å². The van der Waals surface area contributed by atoms with Crippen LogP contribution in [0.25, 0.3) is 0 Å². The Labute approximate surface area is 149 Å². The van der Waals surface area contributed by atoms with E-state index in [4.69, 9.17) is 4.74 Å². The zero-order valence-electron chi connectivity index (χ0n) is 14.4. The second kappa shape index (κ2) is 7.31. The molecule has 1 N–H and O–H groups in total. The SMILES string of the molecule is COCCN1CN(C)n2cc(C(=O)Nc3cnccn3)c(=O)cc2C1=O. The van der Waals surface area contributed by atoms with E-state index < -0.39 is 11.3 Å². The van der Waals surface area contributed by atoms with Crippen LogP contribution < -0.4 is 15.8 Å². The quantitative estimate of drug-likeness (QED) is 0.768. The van der Waals surface area contributed by atoms with Gasteiger partial charge in [-0.2, -0.15) is 0 Å². The Balaban J connectivity index is 1.90. The van der Waals surface area contributed by atoms with Crippen LogP contribution in [-0.4, -0.2) is 65.3 Å². The van der Waals surface area contributed by atoms with Crippen molar-refractivity contribution in [3.05, 3.63) is 52.3 Å². The topological polar surface area (TPSA) is 110 Å². The van der Waals surface area contributed by atoms with Crippen LogP contribution in [0.1, 0.15) is 20.8 Å². The smallest absolute Gasteiger partial charge is 0.274 e. The number of anilines is 1. The molecule has 26 heavy (non-hydrogen) atoms. The van der Waals surface area contributed by atoms with Gasteiger partial charge in [0.1, 0.15) is 17.9 Å². The van der Waals surface area contributed by atoms with Crippen molar-refractivity contribution in [3.63, 3.8) is 0 Å². The van der Waals surface area contributed by atoms with Crippen molar-refractivity contribution in [2.24, 2.45) is 0 Å². The maximum absolute atomic E-state index is 12.6. The zero-order valence-corrected chi connectivity index (χ0v) is 14.4. The third-order valence-corrected chi connectivity index (χ3v) is 3.90. The van der Waals surface area contributed by atoms with Crippen LogP contribution in [0.15, 0.2) is 35.6 Å². The van der Waals surface area contributed by atoms with Gasteiger partial charge in [-0.15, -0.1) is 0 Å². The summed E-state index contributed by atoms with van der Waals surface area (Å²) in [5.74, 6) is -0.679. The van der Waals surface area contributed by atoms with Gasteiger partial charge in [-0.1, -0.05) is 0 Å². The maximum Gasteiger partial charge on any atom is 0.274 e. The van der Waals surface area contributed by atoms with Gasteiger partial charge in [-0.05, 0) is 0 Å². The van der Waals surface area contributed by atoms with E-state index in [9.17, 15) is 14.4 Å². The molecule has 0 spiro atoms. The van der Waals surface area contributed by atoms with Gasteiger partial charge in [0.15, 0.2) is 11.2 Å². The summed E-state index contributed by atoms with van der Waals surface area (Å²) in [6.45, 7) is 1.11. The van der Waals surface area contributed by atoms with Gasteiger partial charge in [0.25, 0.3) is 11.8 Å². The Kier molecular flexibility index (Phi) is 4.94. The highest BCUT2D eigenvalue weighted by atomic mass is 16.5. The molecule has 3 rings (SSSR count). The van der Waals surface area contributed by atoms with Gasteiger partial charge < -0.3 is 15.0 Å². The van der Waals surface area contributed by atoms with E-state index in [2.05, 4.69) is 15.3 Å². The lowest BCUT2D eigenvalue weighted by atomic mass is 10.2. The van der Waals surface area contributed by atoms with Crippen molar-refractivity contribution in [1.29, 1.82) is 0 Å². The summed E-state index contributed by atoms with van der Waals surface area (Å²) in [6.07, 6.45) is 5.63. The lowest BCUT2D eigenvalue weighted by Gasteiger charge is -2.37. The molecule has 0 unspecified atom stereocenters. The Hall–Kier alpha value is -3.27. The predicted octanol–water partition coefficient (Wildman–Crippen LogP) is -0.482. The number of pyridine rings is 1. The molecule has 1 aliphatic heterocycles. The molecular weight excluding hydrogens is 340 g/mol. The average molecular weight is 358 g/mol. The summed E-state index contributed by atoms with van der Waals surface area (Å²) < 4.78 is 6.50. The lowest BCUT2D eigenvalue weighted by Crippen LogP contribution is -2.53. The molecule has 10 nitrogen and oxygen atoms in total. The van der Waals surface area contributed by atoms with Crippen molar-refractivity contribution in [3.8, 4) is 0 Å². The monoisotopic (exact) mass is 358 g/mol. The molecule has 0 aromatic carbocycles. The molecule has 136 valence electrons. The summed E-state index contributed by atoms with van der Waals surface area (Å²) in [5.41, 5.74) is -0.451. The van der Waals surface area contributed by atoms with Gasteiger partial charge in [0.2, 0.25) is 0 Å². The molecule has 1 aliphatic rings. The normalized spacial score (nSPS) is 13.5. The van der Waals surface area contributed by atoms with E-state index in [0.29, 0.717) is 19.8 Å². The zero-order chi connectivity index (χ0) is 18.7. The number of hydrogen-bond acceptors (Lipinski definition) is 7. The van der Waals surface area contributed by atoms with E-state index in [1.54, 1.807) is 24.1 Å². The lowest BCUT2D eigenvalue weighted by molar-refractivity contribution is 0.0634. The van der Waals surface area contributed by atoms with Crippen LogP contribution in [0, 0.1) is 0 Å². The first-order chi connectivity index (χ1) is 12.5. The van der Waals surface area contributed by atoms with E-state index in [-0.39, 0.29) is 23.0 Å². The minimum absolute atomic E-state index is 0.0932. The molecule has 0 radical (unpaired) electrons. The average Bonchev–Trinajstić information content (AvgIpc) is 2.64. The van der Waals surface area contributed by atoms with Gasteiger partial charge in [-0.25, -0.2) is 4.98 Å². The molecule has 0 saturated heterocycles. The van der Waals surface area contributed by atoms with E-state index in [1.807, 2.05) is 0 Å². The number of carbonyl (C=O) groups is 2. The number of methoxy groups -OCH3 is 1. The Bertz CT molecular complexity index is 882. The Morgan fingerprint density at radius 2 is 2.15 bits per heavy atom. The molecule has 3 heterocycles. The van der Waals surface area contributed by atoms with E-state index in [1.165, 1.54) is 35.5 Å². The van der Waals surface area contributed by atoms with Crippen LogP contribution in [-0.2, 0) is 4.74 Å². The molecule has 0 saturated carbocycles. The van der Waals surface area contributed by atoms with E-state index in [0.717, 1.165) is 0 Å². The molecule has 0 aliphatic carbocycles. The number of carbonyl (C=O) groups excluding carboxylic acids is 2. The minimum Gasteiger partial charge on any atom is -0.383 e. The summed E-state index contributed by atoms with van der Waals surface area (Å²) in [5, 5.41) is 4.24. The number of hydrogen-bond donors (Lipinski definition) is 1. The molecule has 0 atom stereocenters. The fraction of sp³-hybridized carbons (Fsp3) is 0.312. The first-order valence-corrected chi connectivity index (χ1v) is 7.85. The van der Waals surface area contributed by atoms with Crippen LogP contribution in [0.2, 0.25) is 0 Å². The summed E-state index contributed by atoms with van der Waals surface area (Å²) in [4.78, 5) is 46.7. The van der Waals surface area contributed by atoms with Crippen LogP contribution in [0.4, 0.5) is 5.82 Å². The maximum atomic E-state index is 12.6. The summed E-state index contributed by atoms with van der Waals surface area (Å²) in [7, 11) is 3.31. The Morgan fingerprint density at radius 1 is 1.35 bits per heavy atom. The molecule has 2 amide bonds. The van der Waals surface area contributed by atoms with Gasteiger partial charge in [-0.3, -0.25) is 29.1 Å². The molecule has 0 bridgehead atoms. The number of aromatic nitrogens is 3. The second-order valence-corrected chi connectivity index (χ2v) is 5.69. The number of ether oxygens (including phenoxy) is 1. The van der Waals surface area contributed by atoms with Crippen molar-refractivity contribution < 1.29 is 14.3 Å². The first-order valence-electron chi connectivity index (χ1n) is 7.85. The van der Waals surface area contributed by atoms with Gasteiger partial charge >= 0.3 is 0 Å². The number of rotatable bonds is 5. The van der Waals surface area contributed by atoms with Crippen molar-refractivity contribution in [2.75, 3.05) is 44.3 Å². The van der Waals surface area contributed by atoms with Crippen LogP contribution in [0.5, 0.6) is 0 Å². The van der Waals surface area contributed by atoms with Crippen LogP contribution >= 0.6 is 0 Å². The van der Waals surface area contributed by atoms with Crippen molar-refractivity contribution in [2.45, 2.75) is 0 Å². The third-order valence-electron chi connectivity index (χ3n) is 3.90.